The Bertz CT molecular complexity index is 349. The predicted octanol–water partition coefficient (Wildman–Crippen LogP) is 1.08. The SMILES string of the molecule is COCCC(C)(C)CNC(=O)C1(C(N)=NO)CCC1. The molecule has 0 aromatic rings. The van der Waals surface area contributed by atoms with Crippen molar-refractivity contribution in [3.8, 4) is 0 Å². The molecule has 110 valence electrons. The van der Waals surface area contributed by atoms with Crippen LogP contribution in [0.5, 0.6) is 0 Å². The molecule has 0 unspecified atom stereocenters. The fraction of sp³-hybridized carbons (Fsp3) is 0.846. The van der Waals surface area contributed by atoms with Gasteiger partial charge in [-0.1, -0.05) is 25.4 Å². The summed E-state index contributed by atoms with van der Waals surface area (Å²) in [4.78, 5) is 12.3. The molecule has 1 aliphatic rings. The number of ether oxygens (including phenoxy) is 1. The van der Waals surface area contributed by atoms with E-state index in [-0.39, 0.29) is 17.2 Å². The fourth-order valence-corrected chi connectivity index (χ4v) is 2.18. The van der Waals surface area contributed by atoms with E-state index in [0.717, 1.165) is 12.8 Å². The van der Waals surface area contributed by atoms with Gasteiger partial charge >= 0.3 is 0 Å². The fourth-order valence-electron chi connectivity index (χ4n) is 2.18. The maximum absolute atomic E-state index is 12.3. The first-order valence-corrected chi connectivity index (χ1v) is 6.63. The van der Waals surface area contributed by atoms with E-state index in [1.54, 1.807) is 7.11 Å². The van der Waals surface area contributed by atoms with E-state index in [0.29, 0.717) is 26.0 Å². The lowest BCUT2D eigenvalue weighted by molar-refractivity contribution is -0.131. The monoisotopic (exact) mass is 271 g/mol. The number of amidine groups is 1. The van der Waals surface area contributed by atoms with Crippen LogP contribution in [0.3, 0.4) is 0 Å². The molecular formula is C13H25N3O3. The molecule has 1 amide bonds. The Morgan fingerprint density at radius 3 is 2.58 bits per heavy atom. The van der Waals surface area contributed by atoms with Crippen LogP contribution in [0, 0.1) is 10.8 Å². The summed E-state index contributed by atoms with van der Waals surface area (Å²) in [6, 6.07) is 0. The third-order valence-electron chi connectivity index (χ3n) is 3.95. The van der Waals surface area contributed by atoms with Gasteiger partial charge in [0.25, 0.3) is 0 Å². The molecule has 4 N–H and O–H groups in total. The molecule has 1 saturated carbocycles. The largest absolute Gasteiger partial charge is 0.409 e. The van der Waals surface area contributed by atoms with Crippen molar-refractivity contribution < 1.29 is 14.7 Å². The van der Waals surface area contributed by atoms with Gasteiger partial charge < -0.3 is 21.0 Å². The van der Waals surface area contributed by atoms with Gasteiger partial charge in [-0.3, -0.25) is 4.79 Å². The number of carbonyl (C=O) groups is 1. The first kappa shape index (κ1) is 15.8. The van der Waals surface area contributed by atoms with Crippen LogP contribution in [0.1, 0.15) is 39.5 Å². The van der Waals surface area contributed by atoms with E-state index in [9.17, 15) is 4.79 Å². The summed E-state index contributed by atoms with van der Waals surface area (Å²) >= 11 is 0. The smallest absolute Gasteiger partial charge is 0.233 e. The van der Waals surface area contributed by atoms with Crippen molar-refractivity contribution >= 4 is 11.7 Å². The Morgan fingerprint density at radius 2 is 2.16 bits per heavy atom. The molecule has 6 nitrogen and oxygen atoms in total. The molecule has 0 aromatic carbocycles. The van der Waals surface area contributed by atoms with Crippen LogP contribution in [0.15, 0.2) is 5.16 Å². The summed E-state index contributed by atoms with van der Waals surface area (Å²) in [5, 5.41) is 14.7. The molecule has 0 radical (unpaired) electrons. The number of methoxy groups -OCH3 is 1. The maximum Gasteiger partial charge on any atom is 0.233 e. The van der Waals surface area contributed by atoms with Crippen LogP contribution in [0.4, 0.5) is 0 Å². The highest BCUT2D eigenvalue weighted by Crippen LogP contribution is 2.41. The summed E-state index contributed by atoms with van der Waals surface area (Å²) in [5.41, 5.74) is 4.81. The minimum atomic E-state index is -0.800. The summed E-state index contributed by atoms with van der Waals surface area (Å²) in [6.07, 6.45) is 3.08. The number of nitrogens with two attached hydrogens (primary N) is 1. The molecule has 6 heteroatoms. The third-order valence-corrected chi connectivity index (χ3v) is 3.95. The van der Waals surface area contributed by atoms with E-state index < -0.39 is 5.41 Å². The Labute approximate surface area is 114 Å². The van der Waals surface area contributed by atoms with E-state index in [2.05, 4.69) is 24.3 Å². The number of hydrogen-bond acceptors (Lipinski definition) is 4. The number of rotatable bonds is 7. The highest BCUT2D eigenvalue weighted by molar-refractivity contribution is 6.07. The Balaban J connectivity index is 2.55. The van der Waals surface area contributed by atoms with Crippen molar-refractivity contribution in [1.29, 1.82) is 0 Å². The molecule has 0 aliphatic heterocycles. The summed E-state index contributed by atoms with van der Waals surface area (Å²) < 4.78 is 5.05. The molecule has 0 heterocycles. The van der Waals surface area contributed by atoms with Gasteiger partial charge in [0.05, 0.1) is 0 Å². The molecule has 0 bridgehead atoms. The second-order valence-electron chi connectivity index (χ2n) is 6.01. The van der Waals surface area contributed by atoms with Gasteiger partial charge in [-0.05, 0) is 24.7 Å². The molecule has 0 atom stereocenters. The molecule has 1 rings (SSSR count). The summed E-state index contributed by atoms with van der Waals surface area (Å²) in [6.45, 7) is 5.36. The summed E-state index contributed by atoms with van der Waals surface area (Å²) in [7, 11) is 1.66. The zero-order chi connectivity index (χ0) is 14.5. The Hall–Kier alpha value is -1.30. The average molecular weight is 271 g/mol. The quantitative estimate of drug-likeness (QED) is 0.279. The van der Waals surface area contributed by atoms with Crippen LogP contribution in [0.2, 0.25) is 0 Å². The first-order valence-electron chi connectivity index (χ1n) is 6.63. The van der Waals surface area contributed by atoms with E-state index in [1.807, 2.05) is 0 Å². The predicted molar refractivity (Wildman–Crippen MR) is 73.0 cm³/mol. The first-order chi connectivity index (χ1) is 8.88. The molecule has 0 spiro atoms. The highest BCUT2D eigenvalue weighted by atomic mass is 16.5. The summed E-state index contributed by atoms with van der Waals surface area (Å²) in [5.74, 6) is -0.120. The number of carbonyl (C=O) groups excluding carboxylic acids is 1. The van der Waals surface area contributed by atoms with Crippen LogP contribution >= 0.6 is 0 Å². The van der Waals surface area contributed by atoms with Gasteiger partial charge in [-0.2, -0.15) is 0 Å². The number of amides is 1. The second-order valence-corrected chi connectivity index (χ2v) is 6.01. The number of oxime groups is 1. The lowest BCUT2D eigenvalue weighted by Gasteiger charge is -2.39. The minimum absolute atomic E-state index is 0.0194. The van der Waals surface area contributed by atoms with Crippen LogP contribution in [-0.4, -0.2) is 37.2 Å². The normalized spacial score (nSPS) is 18.8. The number of nitrogens with zero attached hydrogens (tertiary/aromatic N) is 1. The standard InChI is InChI=1S/C13H25N3O3/c1-12(2,7-8-19-3)9-15-11(17)13(5-4-6-13)10(14)16-18/h18H,4-9H2,1-3H3,(H2,14,16)(H,15,17). The maximum atomic E-state index is 12.3. The molecular weight excluding hydrogens is 246 g/mol. The molecule has 1 fully saturated rings. The van der Waals surface area contributed by atoms with Crippen LogP contribution in [-0.2, 0) is 9.53 Å². The van der Waals surface area contributed by atoms with Gasteiger partial charge in [-0.15, -0.1) is 0 Å². The van der Waals surface area contributed by atoms with Crippen molar-refractivity contribution in [3.63, 3.8) is 0 Å². The van der Waals surface area contributed by atoms with Crippen molar-refractivity contribution in [1.82, 2.24) is 5.32 Å². The second kappa shape index (κ2) is 6.23. The van der Waals surface area contributed by atoms with E-state index >= 15 is 0 Å². The lowest BCUT2D eigenvalue weighted by atomic mass is 9.67. The Morgan fingerprint density at radius 1 is 1.53 bits per heavy atom. The van der Waals surface area contributed by atoms with Gasteiger partial charge in [-0.25, -0.2) is 0 Å². The van der Waals surface area contributed by atoms with Crippen molar-refractivity contribution in [2.75, 3.05) is 20.3 Å². The average Bonchev–Trinajstić information content (AvgIpc) is 2.32. The topological polar surface area (TPSA) is 96.9 Å². The van der Waals surface area contributed by atoms with Crippen molar-refractivity contribution in [2.45, 2.75) is 39.5 Å². The van der Waals surface area contributed by atoms with E-state index in [4.69, 9.17) is 15.7 Å². The van der Waals surface area contributed by atoms with Crippen molar-refractivity contribution in [2.24, 2.45) is 21.7 Å². The van der Waals surface area contributed by atoms with Crippen LogP contribution in [0.25, 0.3) is 0 Å². The zero-order valence-corrected chi connectivity index (χ0v) is 12.0. The van der Waals surface area contributed by atoms with Crippen LogP contribution < -0.4 is 11.1 Å². The third kappa shape index (κ3) is 3.59. The highest BCUT2D eigenvalue weighted by Gasteiger charge is 2.48. The molecule has 1 aliphatic carbocycles. The number of nitrogens with one attached hydrogen (secondary N) is 1. The zero-order valence-electron chi connectivity index (χ0n) is 12.0. The van der Waals surface area contributed by atoms with Gasteiger partial charge in [0.15, 0.2) is 5.84 Å². The molecule has 0 aromatic heterocycles. The molecule has 19 heavy (non-hydrogen) atoms. The van der Waals surface area contributed by atoms with Crippen molar-refractivity contribution in [3.05, 3.63) is 0 Å². The van der Waals surface area contributed by atoms with E-state index in [1.165, 1.54) is 0 Å². The lowest BCUT2D eigenvalue weighted by Crippen LogP contribution is -2.55. The van der Waals surface area contributed by atoms with Gasteiger partial charge in [0, 0.05) is 20.3 Å². The Kier molecular flexibility index (Phi) is 5.17. The minimum Gasteiger partial charge on any atom is -0.409 e. The van der Waals surface area contributed by atoms with Gasteiger partial charge in [0.2, 0.25) is 5.91 Å². The number of hydrogen-bond donors (Lipinski definition) is 3. The van der Waals surface area contributed by atoms with Gasteiger partial charge in [0.1, 0.15) is 5.41 Å². The molecule has 0 saturated heterocycles.